The highest BCUT2D eigenvalue weighted by Gasteiger charge is 2.54. The van der Waals surface area contributed by atoms with Gasteiger partial charge in [0.05, 0.1) is 65.1 Å². The Labute approximate surface area is 409 Å². The van der Waals surface area contributed by atoms with E-state index in [0.717, 1.165) is 24.8 Å². The number of esters is 1. The second-order valence-corrected chi connectivity index (χ2v) is 21.0. The lowest BCUT2D eigenvalue weighted by molar-refractivity contribution is -0.160. The van der Waals surface area contributed by atoms with Crippen molar-refractivity contribution in [3.8, 4) is 23.0 Å². The summed E-state index contributed by atoms with van der Waals surface area (Å²) >= 11 is 0. The lowest BCUT2D eigenvalue weighted by Crippen LogP contribution is -2.58. The summed E-state index contributed by atoms with van der Waals surface area (Å²) in [4.78, 5) is 41.5. The number of fused-ring (bicyclic) bond motifs is 14. The van der Waals surface area contributed by atoms with Crippen LogP contribution in [0.15, 0.2) is 71.6 Å². The molecule has 4 aliphatic carbocycles. The number of nitrogens with zero attached hydrogens (tertiary/aromatic N) is 2. The molecule has 0 spiro atoms. The first kappa shape index (κ1) is 50.5. The van der Waals surface area contributed by atoms with Gasteiger partial charge in [0.25, 0.3) is 11.7 Å². The van der Waals surface area contributed by atoms with E-state index in [1.807, 2.05) is 30.3 Å². The number of methoxy groups -OCH3 is 1. The van der Waals surface area contributed by atoms with Crippen molar-refractivity contribution in [2.75, 3.05) is 12.4 Å². The van der Waals surface area contributed by atoms with E-state index in [2.05, 4.69) is 10.3 Å². The molecule has 9 unspecified atom stereocenters. The van der Waals surface area contributed by atoms with E-state index in [0.29, 0.717) is 24.3 Å². The topological polar surface area (TPSA) is 217 Å². The highest BCUT2D eigenvalue weighted by Crippen LogP contribution is 2.59. The van der Waals surface area contributed by atoms with Crippen molar-refractivity contribution in [1.82, 2.24) is 5.01 Å². The van der Waals surface area contributed by atoms with E-state index in [1.165, 1.54) is 71.8 Å². The smallest absolute Gasteiger partial charge is 0.312 e. The number of phenols is 3. The molecule has 4 fully saturated rings. The molecule has 376 valence electrons. The highest BCUT2D eigenvalue weighted by molar-refractivity contribution is 6.23. The number of anilines is 1. The second kappa shape index (κ2) is 19.7. The molecule has 3 aromatic carbocycles. The van der Waals surface area contributed by atoms with Gasteiger partial charge in [0, 0.05) is 61.2 Å². The summed E-state index contributed by atoms with van der Waals surface area (Å²) in [5, 5.41) is 69.6. The van der Waals surface area contributed by atoms with Gasteiger partial charge in [0.15, 0.2) is 5.75 Å². The summed E-state index contributed by atoms with van der Waals surface area (Å²) in [6, 6.07) is 10.0. The van der Waals surface area contributed by atoms with E-state index in [1.54, 1.807) is 46.8 Å². The Morgan fingerprint density at radius 3 is 2.14 bits per heavy atom. The third-order valence-electron chi connectivity index (χ3n) is 16.1. The Hall–Kier alpha value is -5.90. The van der Waals surface area contributed by atoms with Gasteiger partial charge in [-0.05, 0) is 81.8 Å². The minimum atomic E-state index is -2.07. The largest absolute Gasteiger partial charge is 0.507 e. The fourth-order valence-electron chi connectivity index (χ4n) is 12.5. The molecule has 0 saturated heterocycles. The molecular weight excluding hydrogens is 895 g/mol. The van der Waals surface area contributed by atoms with Gasteiger partial charge in [-0.25, -0.2) is 0 Å². The molecule has 9 atom stereocenters. The van der Waals surface area contributed by atoms with E-state index in [9.17, 15) is 39.9 Å². The lowest BCUT2D eigenvalue weighted by Gasteiger charge is -2.59. The molecule has 0 radical (unpaired) electrons. The van der Waals surface area contributed by atoms with Crippen LogP contribution in [0.4, 0.5) is 5.69 Å². The van der Waals surface area contributed by atoms with Gasteiger partial charge in [-0.2, -0.15) is 5.10 Å². The van der Waals surface area contributed by atoms with Crippen molar-refractivity contribution in [1.29, 1.82) is 0 Å². The first-order valence-corrected chi connectivity index (χ1v) is 24.6. The van der Waals surface area contributed by atoms with Gasteiger partial charge >= 0.3 is 11.8 Å². The highest BCUT2D eigenvalue weighted by atomic mass is 16.7. The number of hydrogen-bond acceptors (Lipinski definition) is 14. The average Bonchev–Trinajstić information content (AvgIpc) is 3.58. The van der Waals surface area contributed by atoms with Crippen molar-refractivity contribution >= 4 is 40.3 Å². The van der Waals surface area contributed by atoms with Crippen LogP contribution in [-0.4, -0.2) is 97.3 Å². The zero-order valence-corrected chi connectivity index (χ0v) is 41.6. The number of ketones is 1. The molecule has 0 aromatic heterocycles. The minimum absolute atomic E-state index is 0.0637. The number of rotatable bonds is 7. The maximum Gasteiger partial charge on any atom is 0.312 e. The first-order valence-electron chi connectivity index (χ1n) is 24.6. The van der Waals surface area contributed by atoms with Gasteiger partial charge in [-0.1, -0.05) is 76.3 Å². The molecule has 3 heterocycles. The standard InChI is InChI=1S/C55H69N3O12/c1-28-14-13-15-29(2)53(66)57-44-39(26-56-58(27-35-16-11-10-12-17-35)55-23-36-20-37(24-55)22-38(21-36)25-55)48(63)41-42(49(44)64)47(62)33(6)51-43(41)52(65)54(8,70-51)68-19-18-40(67-9)30(3)50(69-34(7)59)32(5)46(61)31(4)45(28)60/h10-19,26,28,30-32,36-38,40,45-46,50,60-64H,20-25,27H2,1-9H3,(H,57,66)/b14-13+,19-18?,29-15-,56-26+. The Bertz CT molecular complexity index is 2610. The van der Waals surface area contributed by atoms with Crippen molar-refractivity contribution in [2.24, 2.45) is 46.5 Å². The number of amides is 1. The predicted molar refractivity (Wildman–Crippen MR) is 264 cm³/mol. The third kappa shape index (κ3) is 9.27. The number of benzene rings is 3. The van der Waals surface area contributed by atoms with Gasteiger partial charge in [0.2, 0.25) is 0 Å². The van der Waals surface area contributed by atoms with E-state index >= 15 is 0 Å². The van der Waals surface area contributed by atoms with Crippen LogP contribution in [0.5, 0.6) is 23.0 Å². The zero-order valence-electron chi connectivity index (χ0n) is 41.6. The molecular formula is C55H69N3O12. The number of ether oxygens (including phenoxy) is 4. The number of hydrogen-bond donors (Lipinski definition) is 6. The Morgan fingerprint density at radius 2 is 1.53 bits per heavy atom. The van der Waals surface area contributed by atoms with Crippen LogP contribution in [-0.2, 0) is 30.3 Å². The number of allylic oxidation sites excluding steroid dienone is 2. The molecule has 15 heteroatoms. The van der Waals surface area contributed by atoms with Crippen LogP contribution >= 0.6 is 0 Å². The molecule has 4 saturated carbocycles. The first-order chi connectivity index (χ1) is 33.2. The van der Waals surface area contributed by atoms with Crippen molar-refractivity contribution in [3.63, 3.8) is 0 Å². The Kier molecular flexibility index (Phi) is 14.2. The third-order valence-corrected chi connectivity index (χ3v) is 16.1. The molecule has 10 rings (SSSR count). The number of nitrogens with one attached hydrogen (secondary N) is 1. The lowest BCUT2D eigenvalue weighted by atomic mass is 9.52. The number of aliphatic hydroxyl groups excluding tert-OH is 2. The van der Waals surface area contributed by atoms with Crippen LogP contribution in [0, 0.1) is 48.3 Å². The van der Waals surface area contributed by atoms with Crippen LogP contribution in [0.2, 0.25) is 0 Å². The number of phenolic OH excluding ortho intramolecular Hbond substituents is 3. The number of hydrazone groups is 1. The molecule has 1 amide bonds. The van der Waals surface area contributed by atoms with Crippen LogP contribution in [0.1, 0.15) is 114 Å². The maximum atomic E-state index is 14.8. The van der Waals surface area contributed by atoms with Crippen molar-refractivity contribution < 1.29 is 58.9 Å². The molecule has 9 bridgehead atoms. The average molecular weight is 964 g/mol. The fourth-order valence-corrected chi connectivity index (χ4v) is 12.5. The Balaban J connectivity index is 1.29. The predicted octanol–water partition coefficient (Wildman–Crippen LogP) is 8.56. The van der Waals surface area contributed by atoms with E-state index < -0.39 is 88.8 Å². The summed E-state index contributed by atoms with van der Waals surface area (Å²) in [6.07, 6.45) is 11.6. The van der Waals surface area contributed by atoms with Gasteiger partial charge in [-0.3, -0.25) is 19.4 Å². The molecule has 6 N–H and O–H groups in total. The molecule has 15 nitrogen and oxygen atoms in total. The second-order valence-electron chi connectivity index (χ2n) is 21.0. The van der Waals surface area contributed by atoms with E-state index in [4.69, 9.17) is 24.0 Å². The molecule has 7 aliphatic rings. The molecule has 3 aromatic rings. The SMILES string of the molecule is COC1C=COC2(C)Oc3c(C)c(O)c4c(O)c(c(/C=N/N(Cc5ccccc5)C56CC7CC(CC(C7)C5)C6)c(O)c4c3C2=O)NC(=O)/C(C)=C\C=C\C(C)C(O)C(C)C(O)C(C)C(OC(C)=O)C1C. The maximum absolute atomic E-state index is 14.8. The summed E-state index contributed by atoms with van der Waals surface area (Å²) in [5.41, 5.74) is 0.492. The summed E-state index contributed by atoms with van der Waals surface area (Å²) in [5.74, 6) is -6.60. The van der Waals surface area contributed by atoms with Gasteiger partial charge < -0.3 is 49.8 Å². The molecule has 3 aliphatic heterocycles. The Morgan fingerprint density at radius 1 is 0.886 bits per heavy atom. The number of carbonyl (C=O) groups is 3. The monoisotopic (exact) mass is 963 g/mol. The summed E-state index contributed by atoms with van der Waals surface area (Å²) in [6.45, 7) is 13.1. The van der Waals surface area contributed by atoms with Crippen molar-refractivity contribution in [2.45, 2.75) is 136 Å². The summed E-state index contributed by atoms with van der Waals surface area (Å²) < 4.78 is 24.0. The van der Waals surface area contributed by atoms with Gasteiger partial charge in [-0.15, -0.1) is 0 Å². The van der Waals surface area contributed by atoms with Crippen LogP contribution in [0.25, 0.3) is 10.8 Å². The number of aromatic hydroxyl groups is 3. The minimum Gasteiger partial charge on any atom is -0.507 e. The van der Waals surface area contributed by atoms with Crippen LogP contribution < -0.4 is 10.1 Å². The van der Waals surface area contributed by atoms with E-state index in [-0.39, 0.29) is 50.0 Å². The van der Waals surface area contributed by atoms with Crippen molar-refractivity contribution in [3.05, 3.63) is 88.7 Å². The number of aliphatic hydroxyl groups is 2. The fraction of sp³-hybridized carbons (Fsp3) is 0.527. The molecule has 70 heavy (non-hydrogen) atoms. The van der Waals surface area contributed by atoms with Crippen LogP contribution in [0.3, 0.4) is 0 Å². The summed E-state index contributed by atoms with van der Waals surface area (Å²) in [7, 11) is 1.45. The van der Waals surface area contributed by atoms with Gasteiger partial charge in [0.1, 0.15) is 23.4 Å². The normalized spacial score (nSPS) is 34.6. The number of Topliss-reactive ketones (excluding diaryl/α,β-unsaturated/α-hetero) is 1. The number of carbonyl (C=O) groups excluding carboxylic acids is 3. The quantitative estimate of drug-likeness (QED) is 0.0431. The zero-order chi connectivity index (χ0) is 50.6.